The van der Waals surface area contributed by atoms with Gasteiger partial charge in [0, 0.05) is 11.6 Å². The maximum Gasteiger partial charge on any atom is 0.259 e. The van der Waals surface area contributed by atoms with E-state index in [9.17, 15) is 18.0 Å². The van der Waals surface area contributed by atoms with E-state index in [0.29, 0.717) is 17.4 Å². The predicted octanol–water partition coefficient (Wildman–Crippen LogP) is 5.85. The molecule has 198 valence electrons. The van der Waals surface area contributed by atoms with E-state index < -0.39 is 15.7 Å². The van der Waals surface area contributed by atoms with Crippen LogP contribution >= 0.6 is 0 Å². The van der Waals surface area contributed by atoms with Gasteiger partial charge in [-0.3, -0.25) is 9.59 Å². The van der Waals surface area contributed by atoms with E-state index in [1.165, 1.54) is 17.0 Å². The highest BCUT2D eigenvalue weighted by atomic mass is 32.2. The first-order valence-electron chi connectivity index (χ1n) is 13.2. The Labute approximate surface area is 225 Å². The molecule has 1 fully saturated rings. The summed E-state index contributed by atoms with van der Waals surface area (Å²) in [5.74, 6) is 0.217. The Morgan fingerprint density at radius 2 is 1.74 bits per heavy atom. The quantitative estimate of drug-likeness (QED) is 0.459. The molecule has 2 amide bonds. The smallest absolute Gasteiger partial charge is 0.259 e. The van der Waals surface area contributed by atoms with Crippen molar-refractivity contribution in [2.45, 2.75) is 69.3 Å². The Hall–Kier alpha value is -3.45. The lowest BCUT2D eigenvalue weighted by molar-refractivity contribution is 0.0889. The van der Waals surface area contributed by atoms with Gasteiger partial charge in [0.1, 0.15) is 0 Å². The SMILES string of the molecule is Cc1ccc(C)c(CN2C(=O)c3ccccc3S(=O)(=O)c3ccc(C(=O)N[C@@H]4CCC[C@H](C)[C@@H]4C)cc32)c1. The number of hydrogen-bond acceptors (Lipinski definition) is 4. The van der Waals surface area contributed by atoms with E-state index >= 15 is 0 Å². The highest BCUT2D eigenvalue weighted by Crippen LogP contribution is 2.38. The minimum Gasteiger partial charge on any atom is -0.349 e. The Kier molecular flexibility index (Phi) is 6.90. The average molecular weight is 531 g/mol. The number of anilines is 1. The zero-order valence-corrected chi connectivity index (χ0v) is 23.1. The first-order valence-corrected chi connectivity index (χ1v) is 14.7. The van der Waals surface area contributed by atoms with Crippen molar-refractivity contribution in [3.05, 3.63) is 88.5 Å². The molecule has 3 aromatic rings. The minimum atomic E-state index is -3.99. The fourth-order valence-electron chi connectivity index (χ4n) is 5.68. The molecule has 7 heteroatoms. The van der Waals surface area contributed by atoms with Crippen molar-refractivity contribution >= 4 is 27.3 Å². The number of nitrogens with zero attached hydrogens (tertiary/aromatic N) is 1. The van der Waals surface area contributed by atoms with Crippen LogP contribution in [0, 0.1) is 25.7 Å². The van der Waals surface area contributed by atoms with Crippen molar-refractivity contribution in [1.29, 1.82) is 0 Å². The molecular weight excluding hydrogens is 496 g/mol. The van der Waals surface area contributed by atoms with E-state index in [4.69, 9.17) is 0 Å². The molecule has 3 atom stereocenters. The molecule has 38 heavy (non-hydrogen) atoms. The van der Waals surface area contributed by atoms with Crippen LogP contribution in [0.1, 0.15) is 70.5 Å². The molecule has 0 bridgehead atoms. The highest BCUT2D eigenvalue weighted by molar-refractivity contribution is 7.91. The van der Waals surface area contributed by atoms with Crippen molar-refractivity contribution in [3.63, 3.8) is 0 Å². The van der Waals surface area contributed by atoms with Gasteiger partial charge in [0.15, 0.2) is 0 Å². The molecule has 1 heterocycles. The third-order valence-electron chi connectivity index (χ3n) is 8.31. The number of amides is 2. The molecule has 1 N–H and O–H groups in total. The second-order valence-corrected chi connectivity index (χ2v) is 12.7. The lowest BCUT2D eigenvalue weighted by atomic mass is 9.78. The van der Waals surface area contributed by atoms with E-state index in [1.54, 1.807) is 30.3 Å². The molecule has 0 radical (unpaired) electrons. The van der Waals surface area contributed by atoms with Gasteiger partial charge in [0.2, 0.25) is 9.84 Å². The molecule has 6 nitrogen and oxygen atoms in total. The monoisotopic (exact) mass is 530 g/mol. The molecule has 1 aliphatic heterocycles. The summed E-state index contributed by atoms with van der Waals surface area (Å²) in [5.41, 5.74) is 3.66. The van der Waals surface area contributed by atoms with E-state index in [-0.39, 0.29) is 39.5 Å². The van der Waals surface area contributed by atoms with Crippen LogP contribution in [0.3, 0.4) is 0 Å². The maximum absolute atomic E-state index is 13.9. The maximum atomic E-state index is 13.9. The Morgan fingerprint density at radius 3 is 2.53 bits per heavy atom. The van der Waals surface area contributed by atoms with Gasteiger partial charge in [-0.05, 0) is 73.6 Å². The summed E-state index contributed by atoms with van der Waals surface area (Å²) in [6, 6.07) is 17.0. The van der Waals surface area contributed by atoms with Crippen LogP contribution in [0.2, 0.25) is 0 Å². The van der Waals surface area contributed by atoms with Gasteiger partial charge in [0.25, 0.3) is 11.8 Å². The molecule has 5 rings (SSSR count). The summed E-state index contributed by atoms with van der Waals surface area (Å²) in [5, 5.41) is 3.18. The van der Waals surface area contributed by atoms with E-state index in [2.05, 4.69) is 19.2 Å². The molecule has 0 aromatic heterocycles. The normalized spacial score (nSPS) is 22.3. The van der Waals surface area contributed by atoms with Crippen molar-refractivity contribution in [2.75, 3.05) is 4.90 Å². The summed E-state index contributed by atoms with van der Waals surface area (Å²) in [7, 11) is -3.99. The number of carbonyl (C=O) groups is 2. The zero-order chi connectivity index (χ0) is 27.2. The second kappa shape index (κ2) is 10.0. The van der Waals surface area contributed by atoms with Gasteiger partial charge >= 0.3 is 0 Å². The average Bonchev–Trinajstić information content (AvgIpc) is 2.96. The zero-order valence-electron chi connectivity index (χ0n) is 22.3. The fraction of sp³-hybridized carbons (Fsp3) is 0.355. The lowest BCUT2D eigenvalue weighted by Crippen LogP contribution is -2.43. The summed E-state index contributed by atoms with van der Waals surface area (Å²) in [6.45, 7) is 8.52. The van der Waals surface area contributed by atoms with Gasteiger partial charge in [-0.2, -0.15) is 0 Å². The summed E-state index contributed by atoms with van der Waals surface area (Å²) in [4.78, 5) is 28.8. The topological polar surface area (TPSA) is 83.6 Å². The van der Waals surface area contributed by atoms with Gasteiger partial charge in [0.05, 0.1) is 27.6 Å². The number of aryl methyl sites for hydroxylation is 2. The number of benzene rings is 3. The number of carbonyl (C=O) groups excluding carboxylic acids is 2. The number of fused-ring (bicyclic) bond motifs is 2. The molecular formula is C31H34N2O4S. The van der Waals surface area contributed by atoms with Gasteiger partial charge in [-0.25, -0.2) is 8.42 Å². The molecule has 1 saturated carbocycles. The van der Waals surface area contributed by atoms with Crippen LogP contribution in [0.25, 0.3) is 0 Å². The second-order valence-electron chi connectivity index (χ2n) is 10.9. The van der Waals surface area contributed by atoms with Crippen molar-refractivity contribution in [2.24, 2.45) is 11.8 Å². The first-order chi connectivity index (χ1) is 18.1. The molecule has 1 aliphatic carbocycles. The van der Waals surface area contributed by atoms with Crippen LogP contribution in [0.15, 0.2) is 70.5 Å². The first kappa shape index (κ1) is 26.2. The van der Waals surface area contributed by atoms with Crippen molar-refractivity contribution in [1.82, 2.24) is 5.32 Å². The standard InChI is InChI=1S/C31H34N2O4S/c1-19-12-13-21(3)24(16-19)18-33-27-17-23(30(34)32-26-10-7-8-20(2)22(26)4)14-15-29(27)38(36,37)28-11-6-5-9-25(28)31(33)35/h5-6,9,11-17,20,22,26H,7-8,10,18H2,1-4H3,(H,32,34)/t20-,22-,26+/m0/s1. The Morgan fingerprint density at radius 1 is 0.974 bits per heavy atom. The van der Waals surface area contributed by atoms with Gasteiger partial charge < -0.3 is 10.2 Å². The Balaban J connectivity index is 1.61. The summed E-state index contributed by atoms with van der Waals surface area (Å²) < 4.78 is 27.6. The molecule has 2 aliphatic rings. The van der Waals surface area contributed by atoms with Crippen LogP contribution < -0.4 is 10.2 Å². The summed E-state index contributed by atoms with van der Waals surface area (Å²) >= 11 is 0. The lowest BCUT2D eigenvalue weighted by Gasteiger charge is -2.34. The predicted molar refractivity (Wildman–Crippen MR) is 148 cm³/mol. The number of hydrogen-bond donors (Lipinski definition) is 1. The van der Waals surface area contributed by atoms with Gasteiger partial charge in [-0.15, -0.1) is 0 Å². The van der Waals surface area contributed by atoms with E-state index in [0.717, 1.165) is 36.0 Å². The molecule has 0 saturated heterocycles. The third-order valence-corrected chi connectivity index (χ3v) is 10.2. The Bertz CT molecular complexity index is 1530. The molecule has 0 unspecified atom stereocenters. The third kappa shape index (κ3) is 4.64. The largest absolute Gasteiger partial charge is 0.349 e. The van der Waals surface area contributed by atoms with Crippen LogP contribution in [0.4, 0.5) is 5.69 Å². The van der Waals surface area contributed by atoms with Crippen LogP contribution in [-0.4, -0.2) is 26.3 Å². The van der Waals surface area contributed by atoms with Crippen molar-refractivity contribution < 1.29 is 18.0 Å². The fourth-order valence-corrected chi connectivity index (χ4v) is 7.31. The minimum absolute atomic E-state index is 0.0167. The van der Waals surface area contributed by atoms with Gasteiger partial charge in [-0.1, -0.05) is 62.6 Å². The number of nitrogens with one attached hydrogen (secondary N) is 1. The highest BCUT2D eigenvalue weighted by Gasteiger charge is 2.36. The van der Waals surface area contributed by atoms with Crippen LogP contribution in [-0.2, 0) is 16.4 Å². The van der Waals surface area contributed by atoms with Crippen LogP contribution in [0.5, 0.6) is 0 Å². The molecule has 0 spiro atoms. The van der Waals surface area contributed by atoms with Crippen molar-refractivity contribution in [3.8, 4) is 0 Å². The number of rotatable bonds is 4. The summed E-state index contributed by atoms with van der Waals surface area (Å²) in [6.07, 6.45) is 3.14. The molecule has 3 aromatic carbocycles. The van der Waals surface area contributed by atoms with E-state index in [1.807, 2.05) is 32.0 Å². The number of sulfone groups is 1.